The number of rotatable bonds is 7. The lowest BCUT2D eigenvalue weighted by Crippen LogP contribution is -2.47. The molecule has 0 aromatic carbocycles. The molecular formula is C17H36IN5O. The highest BCUT2D eigenvalue weighted by Crippen LogP contribution is 2.20. The molecule has 0 bridgehead atoms. The zero-order valence-electron chi connectivity index (χ0n) is 16.0. The monoisotopic (exact) mass is 453 g/mol. The fourth-order valence-corrected chi connectivity index (χ4v) is 3.33. The van der Waals surface area contributed by atoms with Crippen molar-refractivity contribution in [1.29, 1.82) is 0 Å². The van der Waals surface area contributed by atoms with Gasteiger partial charge in [-0.25, -0.2) is 0 Å². The van der Waals surface area contributed by atoms with Crippen LogP contribution in [0, 0.1) is 11.3 Å². The van der Waals surface area contributed by atoms with Gasteiger partial charge in [0.25, 0.3) is 0 Å². The molecule has 7 heteroatoms. The van der Waals surface area contributed by atoms with Crippen LogP contribution in [0.15, 0.2) is 4.99 Å². The lowest BCUT2D eigenvalue weighted by Gasteiger charge is -2.35. The van der Waals surface area contributed by atoms with Crippen LogP contribution in [0.1, 0.15) is 40.0 Å². The van der Waals surface area contributed by atoms with E-state index >= 15 is 0 Å². The molecule has 1 rings (SSSR count). The van der Waals surface area contributed by atoms with Crippen LogP contribution >= 0.6 is 24.0 Å². The van der Waals surface area contributed by atoms with Gasteiger partial charge < -0.3 is 20.9 Å². The number of amides is 1. The quantitative estimate of drug-likeness (QED) is 0.350. The summed E-state index contributed by atoms with van der Waals surface area (Å²) < 4.78 is 0. The largest absolute Gasteiger partial charge is 0.370 e. The Kier molecular flexibility index (Phi) is 10.9. The van der Waals surface area contributed by atoms with Crippen LogP contribution in [0.4, 0.5) is 0 Å². The predicted octanol–water partition coefficient (Wildman–Crippen LogP) is 1.75. The number of primary amides is 1. The maximum absolute atomic E-state index is 11.2. The molecule has 0 aromatic rings. The number of halogens is 1. The van der Waals surface area contributed by atoms with Crippen molar-refractivity contribution in [1.82, 2.24) is 15.1 Å². The molecule has 0 saturated carbocycles. The summed E-state index contributed by atoms with van der Waals surface area (Å²) >= 11 is 0. The summed E-state index contributed by atoms with van der Waals surface area (Å²) in [5.41, 5.74) is 5.49. The third-order valence-electron chi connectivity index (χ3n) is 4.04. The van der Waals surface area contributed by atoms with Crippen molar-refractivity contribution < 1.29 is 4.79 Å². The molecule has 1 amide bonds. The van der Waals surface area contributed by atoms with Crippen molar-refractivity contribution in [2.24, 2.45) is 22.1 Å². The van der Waals surface area contributed by atoms with Gasteiger partial charge in [-0.05, 0) is 45.2 Å². The van der Waals surface area contributed by atoms with Gasteiger partial charge in [-0.15, -0.1) is 24.0 Å². The lowest BCUT2D eigenvalue weighted by molar-refractivity contribution is -0.119. The summed E-state index contributed by atoms with van der Waals surface area (Å²) in [5.74, 6) is 1.11. The Hall–Kier alpha value is -0.570. The van der Waals surface area contributed by atoms with Gasteiger partial charge in [0.1, 0.15) is 0 Å². The third kappa shape index (κ3) is 9.05. The average Bonchev–Trinajstić information content (AvgIpc) is 2.41. The first-order chi connectivity index (χ1) is 10.7. The number of nitrogens with two attached hydrogens (primary N) is 1. The molecule has 0 spiro atoms. The summed E-state index contributed by atoms with van der Waals surface area (Å²) in [7, 11) is 4.19. The van der Waals surface area contributed by atoms with Crippen molar-refractivity contribution >= 4 is 35.8 Å². The molecule has 1 fully saturated rings. The normalized spacial score (nSPS) is 19.2. The summed E-state index contributed by atoms with van der Waals surface area (Å²) in [6, 6.07) is 0. The molecule has 1 atom stereocenters. The minimum absolute atomic E-state index is 0. The van der Waals surface area contributed by atoms with Crippen molar-refractivity contribution in [2.45, 2.75) is 40.0 Å². The molecule has 6 nitrogen and oxygen atoms in total. The van der Waals surface area contributed by atoms with Crippen LogP contribution in [0.5, 0.6) is 0 Å². The van der Waals surface area contributed by atoms with Gasteiger partial charge in [0.05, 0.1) is 0 Å². The Morgan fingerprint density at radius 2 is 2.08 bits per heavy atom. The summed E-state index contributed by atoms with van der Waals surface area (Å²) in [6.07, 6.45) is 2.64. The highest BCUT2D eigenvalue weighted by Gasteiger charge is 2.25. The molecule has 1 aliphatic heterocycles. The van der Waals surface area contributed by atoms with Crippen LogP contribution in [-0.4, -0.2) is 68.5 Å². The van der Waals surface area contributed by atoms with Crippen molar-refractivity contribution in [3.63, 3.8) is 0 Å². The number of carbonyl (C=O) groups is 1. The topological polar surface area (TPSA) is 74.0 Å². The molecule has 1 aliphatic rings. The van der Waals surface area contributed by atoms with E-state index < -0.39 is 0 Å². The molecule has 3 N–H and O–H groups in total. The van der Waals surface area contributed by atoms with Gasteiger partial charge in [0, 0.05) is 39.1 Å². The molecule has 0 aromatic heterocycles. The predicted molar refractivity (Wildman–Crippen MR) is 112 cm³/mol. The molecule has 1 unspecified atom stereocenters. The van der Waals surface area contributed by atoms with Crippen molar-refractivity contribution in [3.05, 3.63) is 0 Å². The summed E-state index contributed by atoms with van der Waals surface area (Å²) in [4.78, 5) is 20.5. The van der Waals surface area contributed by atoms with Gasteiger partial charge in [-0.2, -0.15) is 0 Å². The zero-order chi connectivity index (χ0) is 17.5. The van der Waals surface area contributed by atoms with Crippen LogP contribution in [0.25, 0.3) is 0 Å². The van der Waals surface area contributed by atoms with Gasteiger partial charge in [0.2, 0.25) is 5.91 Å². The van der Waals surface area contributed by atoms with E-state index in [1.807, 2.05) is 0 Å². The minimum atomic E-state index is -0.203. The standard InChI is InChI=1S/C17H35N5O.HI/c1-6-19-16(20-12-17(2,3)13-21(4)5)22-9-7-8-14(11-22)10-15(18)23;/h14H,6-13H2,1-5H3,(H2,18,23)(H,19,20);1H. The average molecular weight is 453 g/mol. The second-order valence-electron chi connectivity index (χ2n) is 7.70. The number of nitrogens with one attached hydrogen (secondary N) is 1. The van der Waals surface area contributed by atoms with Crippen LogP contribution < -0.4 is 11.1 Å². The molecule has 24 heavy (non-hydrogen) atoms. The highest BCUT2D eigenvalue weighted by molar-refractivity contribution is 14.0. The van der Waals surface area contributed by atoms with E-state index in [0.717, 1.165) is 51.5 Å². The first kappa shape index (κ1) is 23.4. The van der Waals surface area contributed by atoms with Gasteiger partial charge in [-0.1, -0.05) is 13.8 Å². The number of carbonyl (C=O) groups excluding carboxylic acids is 1. The van der Waals surface area contributed by atoms with E-state index in [9.17, 15) is 4.79 Å². The van der Waals surface area contributed by atoms with Crippen molar-refractivity contribution in [3.8, 4) is 0 Å². The molecule has 0 aliphatic carbocycles. The smallest absolute Gasteiger partial charge is 0.217 e. The Labute approximate surface area is 164 Å². The minimum Gasteiger partial charge on any atom is -0.370 e. The lowest BCUT2D eigenvalue weighted by atomic mass is 9.93. The van der Waals surface area contributed by atoms with E-state index in [2.05, 4.69) is 50.0 Å². The zero-order valence-corrected chi connectivity index (χ0v) is 18.3. The first-order valence-corrected chi connectivity index (χ1v) is 8.70. The number of likely N-dealkylation sites (tertiary alicyclic amines) is 1. The van der Waals surface area contributed by atoms with E-state index in [-0.39, 0.29) is 35.3 Å². The number of aliphatic imine (C=N–C) groups is 1. The van der Waals surface area contributed by atoms with Crippen LogP contribution in [-0.2, 0) is 4.79 Å². The number of nitrogens with zero attached hydrogens (tertiary/aromatic N) is 3. The third-order valence-corrected chi connectivity index (χ3v) is 4.04. The highest BCUT2D eigenvalue weighted by atomic mass is 127. The van der Waals surface area contributed by atoms with Crippen molar-refractivity contribution in [2.75, 3.05) is 46.8 Å². The molecular weight excluding hydrogens is 417 g/mol. The van der Waals surface area contributed by atoms with Gasteiger partial charge >= 0.3 is 0 Å². The van der Waals surface area contributed by atoms with E-state index in [1.165, 1.54) is 0 Å². The number of guanidine groups is 1. The number of piperidine rings is 1. The summed E-state index contributed by atoms with van der Waals surface area (Å²) in [5, 5.41) is 3.40. The SMILES string of the molecule is CCNC(=NCC(C)(C)CN(C)C)N1CCCC(CC(N)=O)C1.I. The maximum atomic E-state index is 11.2. The van der Waals surface area contributed by atoms with Gasteiger partial charge in [0.15, 0.2) is 5.96 Å². The Bertz CT molecular complexity index is 412. The molecule has 0 radical (unpaired) electrons. The summed E-state index contributed by atoms with van der Waals surface area (Å²) in [6.45, 7) is 11.1. The Balaban J connectivity index is 0.00000529. The first-order valence-electron chi connectivity index (χ1n) is 8.70. The fraction of sp³-hybridized carbons (Fsp3) is 0.882. The van der Waals surface area contributed by atoms with E-state index in [4.69, 9.17) is 10.7 Å². The second kappa shape index (κ2) is 11.1. The number of hydrogen-bond donors (Lipinski definition) is 2. The number of hydrogen-bond acceptors (Lipinski definition) is 3. The molecule has 142 valence electrons. The fourth-order valence-electron chi connectivity index (χ4n) is 3.33. The van der Waals surface area contributed by atoms with E-state index in [0.29, 0.717) is 12.3 Å². The Morgan fingerprint density at radius 1 is 1.42 bits per heavy atom. The maximum Gasteiger partial charge on any atom is 0.217 e. The Morgan fingerprint density at radius 3 is 2.62 bits per heavy atom. The van der Waals surface area contributed by atoms with Gasteiger partial charge in [-0.3, -0.25) is 9.79 Å². The second-order valence-corrected chi connectivity index (χ2v) is 7.70. The van der Waals surface area contributed by atoms with Crippen LogP contribution in [0.3, 0.4) is 0 Å². The molecule has 1 heterocycles. The van der Waals surface area contributed by atoms with E-state index in [1.54, 1.807) is 0 Å². The molecule has 1 saturated heterocycles. The van der Waals surface area contributed by atoms with Crippen LogP contribution in [0.2, 0.25) is 0 Å².